The average Bonchev–Trinajstić information content (AvgIpc) is 2.35. The number of nitrogens with one attached hydrogen (secondary N) is 1. The number of fused-ring (bicyclic) bond motifs is 1. The molecule has 19 heavy (non-hydrogen) atoms. The highest BCUT2D eigenvalue weighted by atomic mass is 35.5. The Labute approximate surface area is 117 Å². The number of nitrogens with zero attached hydrogens (tertiary/aromatic N) is 1. The van der Waals surface area contributed by atoms with E-state index in [4.69, 9.17) is 16.4 Å². The summed E-state index contributed by atoms with van der Waals surface area (Å²) in [6, 6.07) is 5.32. The fourth-order valence-electron chi connectivity index (χ4n) is 1.91. The van der Waals surface area contributed by atoms with Gasteiger partial charge >= 0.3 is 0 Å². The van der Waals surface area contributed by atoms with Crippen LogP contribution in [0.2, 0.25) is 5.02 Å². The van der Waals surface area contributed by atoms with Crippen molar-refractivity contribution >= 4 is 28.9 Å². The summed E-state index contributed by atoms with van der Waals surface area (Å²) < 4.78 is 0. The number of halogens is 1. The van der Waals surface area contributed by atoms with Crippen LogP contribution in [-0.4, -0.2) is 18.2 Å². The smallest absolute Gasteiger partial charge is 0.236 e. The van der Waals surface area contributed by atoms with Crippen molar-refractivity contribution in [3.8, 4) is 0 Å². The molecule has 0 spiro atoms. The zero-order chi connectivity index (χ0) is 14.0. The molecular formula is C14H17ClN2O2. The van der Waals surface area contributed by atoms with Gasteiger partial charge in [-0.15, -0.1) is 0 Å². The van der Waals surface area contributed by atoms with Gasteiger partial charge in [-0.05, 0) is 38.5 Å². The maximum Gasteiger partial charge on any atom is 0.236 e. The number of benzene rings is 1. The maximum absolute atomic E-state index is 12.1. The summed E-state index contributed by atoms with van der Waals surface area (Å²) in [7, 11) is 0. The van der Waals surface area contributed by atoms with Crippen LogP contribution in [0.5, 0.6) is 0 Å². The quantitative estimate of drug-likeness (QED) is 0.681. The Morgan fingerprint density at radius 1 is 1.42 bits per heavy atom. The van der Waals surface area contributed by atoms with Crippen molar-refractivity contribution < 1.29 is 9.63 Å². The lowest BCUT2D eigenvalue weighted by Crippen LogP contribution is -2.43. The molecule has 2 rings (SSSR count). The number of hydrogen-bond acceptors (Lipinski definition) is 3. The summed E-state index contributed by atoms with van der Waals surface area (Å²) >= 11 is 6.02. The van der Waals surface area contributed by atoms with E-state index in [9.17, 15) is 4.79 Å². The Hall–Kier alpha value is -1.55. The molecule has 1 amide bonds. The molecule has 1 N–H and O–H groups in total. The van der Waals surface area contributed by atoms with Gasteiger partial charge in [0.2, 0.25) is 5.91 Å². The first-order chi connectivity index (χ1) is 8.96. The summed E-state index contributed by atoms with van der Waals surface area (Å²) in [4.78, 5) is 17.4. The number of anilines is 1. The molecule has 0 aromatic heterocycles. The molecule has 1 aromatic rings. The van der Waals surface area contributed by atoms with Gasteiger partial charge in [-0.1, -0.05) is 23.7 Å². The lowest BCUT2D eigenvalue weighted by Gasteiger charge is -2.31. The topological polar surface area (TPSA) is 50.7 Å². The summed E-state index contributed by atoms with van der Waals surface area (Å²) in [5, 5.41) is 7.63. The standard InChI is InChI=1S/C14H17ClN2O2/c1-4-7-19-17-12-10-8-9(15)5-6-11(10)16-13(18)14(12,2)3/h5-6,8H,4,7H2,1-3H3,(H,16,18)/b17-12+. The minimum atomic E-state index is -0.745. The van der Waals surface area contributed by atoms with Crippen LogP contribution >= 0.6 is 11.6 Å². The van der Waals surface area contributed by atoms with Crippen molar-refractivity contribution in [3.05, 3.63) is 28.8 Å². The molecule has 0 aliphatic carbocycles. The number of carbonyl (C=O) groups excluding carboxylic acids is 1. The van der Waals surface area contributed by atoms with Gasteiger partial charge in [0.15, 0.2) is 0 Å². The fraction of sp³-hybridized carbons (Fsp3) is 0.429. The highest BCUT2D eigenvalue weighted by Gasteiger charge is 2.40. The third-order valence-electron chi connectivity index (χ3n) is 3.10. The van der Waals surface area contributed by atoms with Crippen molar-refractivity contribution in [3.63, 3.8) is 0 Å². The predicted octanol–water partition coefficient (Wildman–Crippen LogP) is 3.45. The number of amides is 1. The lowest BCUT2D eigenvalue weighted by molar-refractivity contribution is -0.121. The zero-order valence-corrected chi connectivity index (χ0v) is 12.0. The molecule has 1 aliphatic heterocycles. The van der Waals surface area contributed by atoms with Crippen LogP contribution in [0.3, 0.4) is 0 Å². The predicted molar refractivity (Wildman–Crippen MR) is 76.6 cm³/mol. The van der Waals surface area contributed by atoms with E-state index >= 15 is 0 Å². The third-order valence-corrected chi connectivity index (χ3v) is 3.33. The first kappa shape index (κ1) is 13.9. The van der Waals surface area contributed by atoms with E-state index in [1.807, 2.05) is 20.8 Å². The minimum absolute atomic E-state index is 0.0961. The molecule has 0 saturated carbocycles. The maximum atomic E-state index is 12.1. The number of carbonyl (C=O) groups is 1. The monoisotopic (exact) mass is 280 g/mol. The van der Waals surface area contributed by atoms with E-state index in [1.165, 1.54) is 0 Å². The zero-order valence-electron chi connectivity index (χ0n) is 11.3. The van der Waals surface area contributed by atoms with Crippen molar-refractivity contribution in [1.82, 2.24) is 0 Å². The summed E-state index contributed by atoms with van der Waals surface area (Å²) in [6.07, 6.45) is 0.867. The van der Waals surface area contributed by atoms with E-state index < -0.39 is 5.41 Å². The summed E-state index contributed by atoms with van der Waals surface area (Å²) in [5.41, 5.74) is 1.40. The molecule has 1 heterocycles. The van der Waals surface area contributed by atoms with E-state index in [1.54, 1.807) is 18.2 Å². The van der Waals surface area contributed by atoms with Gasteiger partial charge in [0.1, 0.15) is 12.3 Å². The van der Waals surface area contributed by atoms with E-state index in [-0.39, 0.29) is 5.91 Å². The van der Waals surface area contributed by atoms with Gasteiger partial charge in [-0.3, -0.25) is 4.79 Å². The molecule has 0 atom stereocenters. The Kier molecular flexibility index (Phi) is 3.80. The highest BCUT2D eigenvalue weighted by Crippen LogP contribution is 2.35. The van der Waals surface area contributed by atoms with Gasteiger partial charge in [-0.25, -0.2) is 0 Å². The second-order valence-electron chi connectivity index (χ2n) is 5.04. The lowest BCUT2D eigenvalue weighted by atomic mass is 9.79. The minimum Gasteiger partial charge on any atom is -0.396 e. The normalized spacial score (nSPS) is 18.9. The molecule has 0 unspecified atom stereocenters. The van der Waals surface area contributed by atoms with Crippen LogP contribution in [-0.2, 0) is 9.63 Å². The van der Waals surface area contributed by atoms with E-state index in [2.05, 4.69) is 10.5 Å². The van der Waals surface area contributed by atoms with Crippen LogP contribution in [0, 0.1) is 5.41 Å². The summed E-state index contributed by atoms with van der Waals surface area (Å²) in [6.45, 7) is 6.17. The van der Waals surface area contributed by atoms with E-state index in [0.29, 0.717) is 23.0 Å². The molecule has 102 valence electrons. The Balaban J connectivity index is 2.50. The average molecular weight is 281 g/mol. The molecule has 4 nitrogen and oxygen atoms in total. The second-order valence-corrected chi connectivity index (χ2v) is 5.48. The number of rotatable bonds is 3. The molecule has 1 aliphatic rings. The van der Waals surface area contributed by atoms with Crippen molar-refractivity contribution in [2.75, 3.05) is 11.9 Å². The van der Waals surface area contributed by atoms with Gasteiger partial charge in [0.25, 0.3) is 0 Å². The Morgan fingerprint density at radius 2 is 2.16 bits per heavy atom. The molecule has 1 aromatic carbocycles. The van der Waals surface area contributed by atoms with Crippen LogP contribution in [0.15, 0.2) is 23.4 Å². The largest absolute Gasteiger partial charge is 0.396 e. The molecular weight excluding hydrogens is 264 g/mol. The molecule has 0 radical (unpaired) electrons. The van der Waals surface area contributed by atoms with Crippen molar-refractivity contribution in [1.29, 1.82) is 0 Å². The molecule has 5 heteroatoms. The molecule has 0 fully saturated rings. The highest BCUT2D eigenvalue weighted by molar-refractivity contribution is 6.32. The van der Waals surface area contributed by atoms with Crippen molar-refractivity contribution in [2.45, 2.75) is 27.2 Å². The second kappa shape index (κ2) is 5.21. The Morgan fingerprint density at radius 3 is 2.84 bits per heavy atom. The van der Waals surface area contributed by atoms with Crippen LogP contribution in [0.1, 0.15) is 32.8 Å². The Bertz CT molecular complexity index is 538. The van der Waals surface area contributed by atoms with Crippen LogP contribution in [0.25, 0.3) is 0 Å². The number of hydrogen-bond donors (Lipinski definition) is 1. The molecule has 0 bridgehead atoms. The van der Waals surface area contributed by atoms with Crippen LogP contribution < -0.4 is 5.32 Å². The summed E-state index contributed by atoms with van der Waals surface area (Å²) in [5.74, 6) is -0.0961. The van der Waals surface area contributed by atoms with Crippen LogP contribution in [0.4, 0.5) is 5.69 Å². The third kappa shape index (κ3) is 2.59. The fourth-order valence-corrected chi connectivity index (χ4v) is 2.08. The first-order valence-electron chi connectivity index (χ1n) is 6.28. The van der Waals surface area contributed by atoms with Gasteiger partial charge in [0.05, 0.1) is 11.1 Å². The van der Waals surface area contributed by atoms with Gasteiger partial charge < -0.3 is 10.2 Å². The van der Waals surface area contributed by atoms with Gasteiger partial charge in [-0.2, -0.15) is 0 Å². The van der Waals surface area contributed by atoms with Crippen molar-refractivity contribution in [2.24, 2.45) is 10.6 Å². The van der Waals surface area contributed by atoms with Gasteiger partial charge in [0, 0.05) is 10.6 Å². The van der Waals surface area contributed by atoms with E-state index in [0.717, 1.165) is 12.0 Å². The molecule has 0 saturated heterocycles. The number of oxime groups is 1. The SMILES string of the molecule is CCCO/N=C1\c2cc(Cl)ccc2NC(=O)C1(C)C. The first-order valence-corrected chi connectivity index (χ1v) is 6.66.